The minimum atomic E-state index is 0.127. The van der Waals surface area contributed by atoms with Crippen LogP contribution < -0.4 is 5.32 Å². The molecule has 0 aromatic carbocycles. The van der Waals surface area contributed by atoms with Gasteiger partial charge in [0.2, 0.25) is 5.91 Å². The van der Waals surface area contributed by atoms with Crippen LogP contribution in [-0.4, -0.2) is 50.2 Å². The van der Waals surface area contributed by atoms with Crippen molar-refractivity contribution < 1.29 is 9.53 Å². The van der Waals surface area contributed by atoms with Gasteiger partial charge in [0.05, 0.1) is 0 Å². The summed E-state index contributed by atoms with van der Waals surface area (Å²) in [5, 5.41) is 3.26. The van der Waals surface area contributed by atoms with Crippen LogP contribution in [0.1, 0.15) is 19.8 Å². The molecule has 1 aliphatic rings. The molecule has 1 rings (SSSR count). The summed E-state index contributed by atoms with van der Waals surface area (Å²) in [6.07, 6.45) is 2.01. The molecular weight excluding hydrogens is 180 g/mol. The molecule has 4 nitrogen and oxygen atoms in total. The lowest BCUT2D eigenvalue weighted by Crippen LogP contribution is -2.36. The zero-order chi connectivity index (χ0) is 10.2. The van der Waals surface area contributed by atoms with Crippen LogP contribution in [0.3, 0.4) is 0 Å². The number of hydrogen-bond donors (Lipinski definition) is 1. The lowest BCUT2D eigenvalue weighted by atomic mass is 10.4. The van der Waals surface area contributed by atoms with Crippen LogP contribution >= 0.6 is 0 Å². The maximum Gasteiger partial charge on any atom is 0.248 e. The van der Waals surface area contributed by atoms with Crippen molar-refractivity contribution >= 4 is 5.91 Å². The summed E-state index contributed by atoms with van der Waals surface area (Å²) in [4.78, 5) is 13.5. The first kappa shape index (κ1) is 11.5. The standard InChI is InChI=1S/C10H20N2O2/c1-2-8-14-9-10(13)12-6-3-4-11-5-7-12/h11H,2-9H2,1H3. The van der Waals surface area contributed by atoms with Gasteiger partial charge < -0.3 is 15.0 Å². The topological polar surface area (TPSA) is 41.6 Å². The number of hydrogen-bond acceptors (Lipinski definition) is 3. The molecule has 0 saturated carbocycles. The normalized spacial score (nSPS) is 17.9. The Kier molecular flexibility index (Phi) is 5.56. The molecule has 1 N–H and O–H groups in total. The van der Waals surface area contributed by atoms with Crippen molar-refractivity contribution in [2.75, 3.05) is 39.4 Å². The second kappa shape index (κ2) is 6.79. The third kappa shape index (κ3) is 4.07. The molecule has 0 aromatic heterocycles. The van der Waals surface area contributed by atoms with E-state index in [0.717, 1.165) is 39.0 Å². The van der Waals surface area contributed by atoms with Gasteiger partial charge in [-0.3, -0.25) is 4.79 Å². The van der Waals surface area contributed by atoms with E-state index in [4.69, 9.17) is 4.74 Å². The first-order valence-electron chi connectivity index (χ1n) is 5.41. The molecule has 1 amide bonds. The highest BCUT2D eigenvalue weighted by Gasteiger charge is 2.14. The Morgan fingerprint density at radius 3 is 3.07 bits per heavy atom. The quantitative estimate of drug-likeness (QED) is 0.661. The van der Waals surface area contributed by atoms with Gasteiger partial charge in [-0.1, -0.05) is 6.92 Å². The highest BCUT2D eigenvalue weighted by atomic mass is 16.5. The van der Waals surface area contributed by atoms with Crippen molar-refractivity contribution in [3.63, 3.8) is 0 Å². The number of nitrogens with zero attached hydrogens (tertiary/aromatic N) is 1. The fourth-order valence-electron chi connectivity index (χ4n) is 1.49. The van der Waals surface area contributed by atoms with Gasteiger partial charge in [-0.05, 0) is 19.4 Å². The Morgan fingerprint density at radius 2 is 2.29 bits per heavy atom. The molecule has 1 fully saturated rings. The molecular formula is C10H20N2O2. The number of amides is 1. The fourth-order valence-corrected chi connectivity index (χ4v) is 1.49. The van der Waals surface area contributed by atoms with E-state index >= 15 is 0 Å². The zero-order valence-electron chi connectivity index (χ0n) is 8.92. The van der Waals surface area contributed by atoms with Gasteiger partial charge in [0.25, 0.3) is 0 Å². The minimum Gasteiger partial charge on any atom is -0.372 e. The first-order valence-corrected chi connectivity index (χ1v) is 5.41. The van der Waals surface area contributed by atoms with E-state index in [1.807, 2.05) is 11.8 Å². The monoisotopic (exact) mass is 200 g/mol. The van der Waals surface area contributed by atoms with Crippen molar-refractivity contribution in [3.8, 4) is 0 Å². The van der Waals surface area contributed by atoms with Crippen LogP contribution in [0.25, 0.3) is 0 Å². The van der Waals surface area contributed by atoms with Gasteiger partial charge in [0.1, 0.15) is 6.61 Å². The molecule has 82 valence electrons. The molecule has 0 bridgehead atoms. The van der Waals surface area contributed by atoms with E-state index in [1.54, 1.807) is 0 Å². The van der Waals surface area contributed by atoms with Crippen LogP contribution in [0.5, 0.6) is 0 Å². The Bertz CT molecular complexity index is 166. The van der Waals surface area contributed by atoms with Crippen molar-refractivity contribution in [1.29, 1.82) is 0 Å². The summed E-state index contributed by atoms with van der Waals surface area (Å²) in [6, 6.07) is 0. The SMILES string of the molecule is CCCOCC(=O)N1CCCNCC1. The predicted molar refractivity (Wildman–Crippen MR) is 55.2 cm³/mol. The molecule has 1 heterocycles. The summed E-state index contributed by atoms with van der Waals surface area (Å²) in [6.45, 7) is 6.56. The molecule has 0 aromatic rings. The molecule has 0 atom stereocenters. The van der Waals surface area contributed by atoms with E-state index in [-0.39, 0.29) is 12.5 Å². The summed E-state index contributed by atoms with van der Waals surface area (Å²) in [7, 11) is 0. The number of carbonyl (C=O) groups excluding carboxylic acids is 1. The summed E-state index contributed by atoms with van der Waals surface area (Å²) >= 11 is 0. The van der Waals surface area contributed by atoms with E-state index in [2.05, 4.69) is 5.32 Å². The minimum absolute atomic E-state index is 0.127. The van der Waals surface area contributed by atoms with Gasteiger partial charge in [-0.2, -0.15) is 0 Å². The summed E-state index contributed by atoms with van der Waals surface area (Å²) in [5.74, 6) is 0.127. The molecule has 0 radical (unpaired) electrons. The number of rotatable bonds is 4. The summed E-state index contributed by atoms with van der Waals surface area (Å²) < 4.78 is 5.23. The van der Waals surface area contributed by atoms with Gasteiger partial charge in [-0.15, -0.1) is 0 Å². The Hall–Kier alpha value is -0.610. The summed E-state index contributed by atoms with van der Waals surface area (Å²) in [5.41, 5.74) is 0. The van der Waals surface area contributed by atoms with Crippen LogP contribution in [0.2, 0.25) is 0 Å². The van der Waals surface area contributed by atoms with Crippen LogP contribution in [0.4, 0.5) is 0 Å². The predicted octanol–water partition coefficient (Wildman–Crippen LogP) is 0.235. The molecule has 1 aliphatic heterocycles. The second-order valence-electron chi connectivity index (χ2n) is 3.54. The van der Waals surface area contributed by atoms with Crippen molar-refractivity contribution in [3.05, 3.63) is 0 Å². The largest absolute Gasteiger partial charge is 0.372 e. The van der Waals surface area contributed by atoms with Crippen LogP contribution in [-0.2, 0) is 9.53 Å². The zero-order valence-corrected chi connectivity index (χ0v) is 8.92. The average Bonchev–Trinajstić information content (AvgIpc) is 2.46. The third-order valence-corrected chi connectivity index (χ3v) is 2.27. The van der Waals surface area contributed by atoms with E-state index in [0.29, 0.717) is 6.61 Å². The van der Waals surface area contributed by atoms with Gasteiger partial charge in [-0.25, -0.2) is 0 Å². The third-order valence-electron chi connectivity index (χ3n) is 2.27. The van der Waals surface area contributed by atoms with Crippen molar-refractivity contribution in [2.45, 2.75) is 19.8 Å². The lowest BCUT2D eigenvalue weighted by Gasteiger charge is -2.19. The molecule has 1 saturated heterocycles. The van der Waals surface area contributed by atoms with Crippen molar-refractivity contribution in [2.24, 2.45) is 0 Å². The highest BCUT2D eigenvalue weighted by molar-refractivity contribution is 5.77. The van der Waals surface area contributed by atoms with Gasteiger partial charge >= 0.3 is 0 Å². The van der Waals surface area contributed by atoms with Crippen molar-refractivity contribution in [1.82, 2.24) is 10.2 Å². The van der Waals surface area contributed by atoms with Crippen LogP contribution in [0.15, 0.2) is 0 Å². The highest BCUT2D eigenvalue weighted by Crippen LogP contribution is 1.96. The molecule has 0 aliphatic carbocycles. The Balaban J connectivity index is 2.20. The maximum absolute atomic E-state index is 11.6. The Labute approximate surface area is 85.6 Å². The Morgan fingerprint density at radius 1 is 1.43 bits per heavy atom. The number of nitrogens with one attached hydrogen (secondary N) is 1. The molecule has 0 unspecified atom stereocenters. The number of ether oxygens (including phenoxy) is 1. The smallest absolute Gasteiger partial charge is 0.248 e. The molecule has 0 spiro atoms. The van der Waals surface area contributed by atoms with Gasteiger partial charge in [0, 0.05) is 26.2 Å². The molecule has 4 heteroatoms. The van der Waals surface area contributed by atoms with E-state index in [9.17, 15) is 4.79 Å². The van der Waals surface area contributed by atoms with Crippen LogP contribution in [0, 0.1) is 0 Å². The number of carbonyl (C=O) groups is 1. The average molecular weight is 200 g/mol. The van der Waals surface area contributed by atoms with E-state index < -0.39 is 0 Å². The lowest BCUT2D eigenvalue weighted by molar-refractivity contribution is -0.135. The fraction of sp³-hybridized carbons (Fsp3) is 0.900. The molecule has 14 heavy (non-hydrogen) atoms. The van der Waals surface area contributed by atoms with E-state index in [1.165, 1.54) is 0 Å². The second-order valence-corrected chi connectivity index (χ2v) is 3.54. The van der Waals surface area contributed by atoms with Gasteiger partial charge in [0.15, 0.2) is 0 Å². The maximum atomic E-state index is 11.6. The first-order chi connectivity index (χ1) is 6.84.